The largest absolute Gasteiger partial charge is 0.496 e. The highest BCUT2D eigenvalue weighted by atomic mass is 35.5. The maximum atomic E-state index is 5.99. The first-order valence-electron chi connectivity index (χ1n) is 5.49. The van der Waals surface area contributed by atoms with E-state index in [1.165, 1.54) is 0 Å². The van der Waals surface area contributed by atoms with Crippen LogP contribution in [0.5, 0.6) is 5.75 Å². The third-order valence-electron chi connectivity index (χ3n) is 2.54. The second-order valence-corrected chi connectivity index (χ2v) is 5.46. The molecule has 0 aliphatic heterocycles. The normalized spacial score (nSPS) is 14.6. The predicted octanol–water partition coefficient (Wildman–Crippen LogP) is 4.54. The fourth-order valence-corrected chi connectivity index (χ4v) is 2.42. The molecule has 2 unspecified atom stereocenters. The highest BCUT2D eigenvalue weighted by molar-refractivity contribution is 6.30. The summed E-state index contributed by atoms with van der Waals surface area (Å²) in [4.78, 5) is 0. The molecule has 0 amide bonds. The van der Waals surface area contributed by atoms with Crippen molar-refractivity contribution >= 4 is 23.2 Å². The van der Waals surface area contributed by atoms with E-state index in [0.29, 0.717) is 5.92 Å². The monoisotopic (exact) mass is 260 g/mol. The Kier molecular flexibility index (Phi) is 5.43. The molecule has 0 radical (unpaired) electrons. The number of benzene rings is 1. The predicted molar refractivity (Wildman–Crippen MR) is 70.8 cm³/mol. The highest BCUT2D eigenvalue weighted by Gasteiger charge is 2.11. The molecule has 2 atom stereocenters. The van der Waals surface area contributed by atoms with Crippen LogP contribution in [-0.2, 0) is 6.42 Å². The van der Waals surface area contributed by atoms with Crippen LogP contribution in [0.4, 0.5) is 0 Å². The quantitative estimate of drug-likeness (QED) is 0.707. The molecule has 1 aromatic rings. The minimum absolute atomic E-state index is 0.208. The molecule has 1 rings (SSSR count). The van der Waals surface area contributed by atoms with Crippen molar-refractivity contribution < 1.29 is 4.74 Å². The third-order valence-corrected chi connectivity index (χ3v) is 2.95. The van der Waals surface area contributed by atoms with Crippen molar-refractivity contribution in [2.24, 2.45) is 5.92 Å². The fourth-order valence-electron chi connectivity index (χ4n) is 1.92. The van der Waals surface area contributed by atoms with Crippen molar-refractivity contribution in [1.82, 2.24) is 0 Å². The Morgan fingerprint density at radius 2 is 2.00 bits per heavy atom. The summed E-state index contributed by atoms with van der Waals surface area (Å²) in [7, 11) is 1.68. The molecule has 16 heavy (non-hydrogen) atoms. The molecule has 0 spiro atoms. The first-order chi connectivity index (χ1) is 7.52. The minimum Gasteiger partial charge on any atom is -0.496 e. The van der Waals surface area contributed by atoms with Crippen LogP contribution in [0.1, 0.15) is 25.8 Å². The van der Waals surface area contributed by atoms with Crippen molar-refractivity contribution in [2.75, 3.05) is 7.11 Å². The third kappa shape index (κ3) is 4.23. The van der Waals surface area contributed by atoms with Gasteiger partial charge in [-0.15, -0.1) is 11.6 Å². The summed E-state index contributed by atoms with van der Waals surface area (Å²) in [6.45, 7) is 4.21. The van der Waals surface area contributed by atoms with E-state index in [9.17, 15) is 0 Å². The Bertz CT molecular complexity index is 337. The molecule has 0 bridgehead atoms. The van der Waals surface area contributed by atoms with Gasteiger partial charge in [-0.25, -0.2) is 0 Å². The van der Waals surface area contributed by atoms with Crippen LogP contribution in [0.15, 0.2) is 18.2 Å². The molecule has 0 N–H and O–H groups in total. The van der Waals surface area contributed by atoms with E-state index in [4.69, 9.17) is 27.9 Å². The van der Waals surface area contributed by atoms with Gasteiger partial charge in [0, 0.05) is 10.4 Å². The molecule has 1 nitrogen and oxygen atoms in total. The van der Waals surface area contributed by atoms with E-state index in [2.05, 4.69) is 6.92 Å². The summed E-state index contributed by atoms with van der Waals surface area (Å²) < 4.78 is 5.31. The Hall–Kier alpha value is -0.400. The highest BCUT2D eigenvalue weighted by Crippen LogP contribution is 2.26. The van der Waals surface area contributed by atoms with Gasteiger partial charge in [0.15, 0.2) is 0 Å². The summed E-state index contributed by atoms with van der Waals surface area (Å²) >= 11 is 12.0. The lowest BCUT2D eigenvalue weighted by atomic mass is 9.96. The maximum Gasteiger partial charge on any atom is 0.122 e. The van der Waals surface area contributed by atoms with Crippen molar-refractivity contribution in [3.05, 3.63) is 28.8 Å². The van der Waals surface area contributed by atoms with E-state index in [1.54, 1.807) is 7.11 Å². The smallest absolute Gasteiger partial charge is 0.122 e. The molecule has 0 saturated heterocycles. The Morgan fingerprint density at radius 1 is 1.31 bits per heavy atom. The molecule has 0 saturated carbocycles. The van der Waals surface area contributed by atoms with Gasteiger partial charge in [-0.1, -0.05) is 18.5 Å². The molecular formula is C13H18Cl2O. The molecule has 0 aromatic heterocycles. The Labute approximate surface area is 108 Å². The van der Waals surface area contributed by atoms with Gasteiger partial charge < -0.3 is 4.74 Å². The summed E-state index contributed by atoms with van der Waals surface area (Å²) in [5, 5.41) is 0.960. The average Bonchev–Trinajstić information content (AvgIpc) is 2.16. The van der Waals surface area contributed by atoms with Gasteiger partial charge in [-0.2, -0.15) is 0 Å². The van der Waals surface area contributed by atoms with E-state index in [0.717, 1.165) is 29.2 Å². The van der Waals surface area contributed by atoms with Gasteiger partial charge in [0.1, 0.15) is 5.75 Å². The number of alkyl halides is 1. The molecule has 0 aliphatic rings. The van der Waals surface area contributed by atoms with Crippen molar-refractivity contribution in [2.45, 2.75) is 32.1 Å². The van der Waals surface area contributed by atoms with Gasteiger partial charge in [0.05, 0.1) is 7.11 Å². The Balaban J connectivity index is 2.74. The van der Waals surface area contributed by atoms with Gasteiger partial charge >= 0.3 is 0 Å². The first-order valence-corrected chi connectivity index (χ1v) is 6.31. The zero-order valence-electron chi connectivity index (χ0n) is 9.97. The van der Waals surface area contributed by atoms with Crippen LogP contribution in [0, 0.1) is 5.92 Å². The SMILES string of the molecule is COc1ccc(Cl)cc1CC(C)CC(C)Cl. The Morgan fingerprint density at radius 3 is 2.56 bits per heavy atom. The van der Waals surface area contributed by atoms with Crippen LogP contribution >= 0.6 is 23.2 Å². The van der Waals surface area contributed by atoms with E-state index < -0.39 is 0 Å². The lowest BCUT2D eigenvalue weighted by molar-refractivity contribution is 0.404. The standard InChI is InChI=1S/C13H18Cl2O/c1-9(6-10(2)14)7-11-8-12(15)4-5-13(11)16-3/h4-5,8-10H,6-7H2,1-3H3. The van der Waals surface area contributed by atoms with Gasteiger partial charge in [0.2, 0.25) is 0 Å². The summed E-state index contributed by atoms with van der Waals surface area (Å²) in [5.41, 5.74) is 1.15. The van der Waals surface area contributed by atoms with Crippen LogP contribution in [0.3, 0.4) is 0 Å². The van der Waals surface area contributed by atoms with Crippen molar-refractivity contribution in [1.29, 1.82) is 0 Å². The number of rotatable bonds is 5. The second-order valence-electron chi connectivity index (χ2n) is 4.28. The average molecular weight is 261 g/mol. The van der Waals surface area contributed by atoms with Crippen LogP contribution in [0.25, 0.3) is 0 Å². The van der Waals surface area contributed by atoms with Gasteiger partial charge in [-0.3, -0.25) is 0 Å². The number of methoxy groups -OCH3 is 1. The number of ether oxygens (including phenoxy) is 1. The molecule has 1 aromatic carbocycles. The van der Waals surface area contributed by atoms with E-state index >= 15 is 0 Å². The summed E-state index contributed by atoms with van der Waals surface area (Å²) in [5.74, 6) is 1.43. The van der Waals surface area contributed by atoms with E-state index in [-0.39, 0.29) is 5.38 Å². The summed E-state index contributed by atoms with van der Waals surface area (Å²) in [6, 6.07) is 5.73. The zero-order valence-corrected chi connectivity index (χ0v) is 11.5. The zero-order chi connectivity index (χ0) is 12.1. The lowest BCUT2D eigenvalue weighted by Crippen LogP contribution is -2.06. The summed E-state index contributed by atoms with van der Waals surface area (Å²) in [6.07, 6.45) is 1.94. The fraction of sp³-hybridized carbons (Fsp3) is 0.538. The maximum absolute atomic E-state index is 5.99. The van der Waals surface area contributed by atoms with Crippen LogP contribution in [-0.4, -0.2) is 12.5 Å². The topological polar surface area (TPSA) is 9.23 Å². The molecular weight excluding hydrogens is 243 g/mol. The lowest BCUT2D eigenvalue weighted by Gasteiger charge is -2.15. The van der Waals surface area contributed by atoms with Crippen molar-refractivity contribution in [3.8, 4) is 5.75 Å². The molecule has 0 fully saturated rings. The van der Waals surface area contributed by atoms with Gasteiger partial charge in [-0.05, 0) is 49.4 Å². The van der Waals surface area contributed by atoms with Crippen LogP contribution in [0.2, 0.25) is 5.02 Å². The van der Waals surface area contributed by atoms with Crippen LogP contribution < -0.4 is 4.74 Å². The number of hydrogen-bond acceptors (Lipinski definition) is 1. The second kappa shape index (κ2) is 6.36. The molecule has 90 valence electrons. The minimum atomic E-state index is 0.208. The molecule has 3 heteroatoms. The van der Waals surface area contributed by atoms with Gasteiger partial charge in [0.25, 0.3) is 0 Å². The molecule has 0 aliphatic carbocycles. The number of hydrogen-bond donors (Lipinski definition) is 0. The first kappa shape index (κ1) is 13.7. The molecule has 0 heterocycles. The van der Waals surface area contributed by atoms with E-state index in [1.807, 2.05) is 25.1 Å². The number of halogens is 2. The van der Waals surface area contributed by atoms with Crippen molar-refractivity contribution in [3.63, 3.8) is 0 Å².